The van der Waals surface area contributed by atoms with Gasteiger partial charge in [-0.1, -0.05) is 17.7 Å². The number of piperazine rings is 1. The largest absolute Gasteiger partial charge is 0.314 e. The van der Waals surface area contributed by atoms with Gasteiger partial charge in [0.25, 0.3) is 5.69 Å². The number of nitro benzene ring substituents is 1. The van der Waals surface area contributed by atoms with Crippen LogP contribution in [-0.4, -0.2) is 36.0 Å². The molecule has 0 aromatic heterocycles. The number of benzene rings is 1. The van der Waals surface area contributed by atoms with Crippen molar-refractivity contribution < 1.29 is 4.92 Å². The van der Waals surface area contributed by atoms with Gasteiger partial charge in [0.15, 0.2) is 0 Å². The maximum Gasteiger partial charge on any atom is 0.274 e. The third-order valence-electron chi connectivity index (χ3n) is 3.53. The normalized spacial score (nSPS) is 16.0. The van der Waals surface area contributed by atoms with E-state index in [0.29, 0.717) is 17.0 Å². The molecule has 124 valence electrons. The lowest BCUT2D eigenvalue weighted by atomic mass is 9.99. The summed E-state index contributed by atoms with van der Waals surface area (Å²) in [5, 5.41) is 15.0. The van der Waals surface area contributed by atoms with Gasteiger partial charge in [-0.2, -0.15) is 0 Å². The van der Waals surface area contributed by atoms with Gasteiger partial charge in [0, 0.05) is 48.9 Å². The molecule has 0 radical (unpaired) electrons. The molecule has 1 heterocycles. The fraction of sp³-hybridized carbons (Fsp3) is 0.429. The SMILES string of the molecule is C=CC[C@@H](c1cc(Cl)ccc1[N+](=O)[O-])N1CCNCC1.Cl.Cl. The minimum absolute atomic E-state index is 0. The van der Waals surface area contributed by atoms with Gasteiger partial charge in [-0.05, 0) is 18.6 Å². The first kappa shape index (κ1) is 21.1. The molecule has 1 aromatic rings. The zero-order valence-corrected chi connectivity index (χ0v) is 14.4. The summed E-state index contributed by atoms with van der Waals surface area (Å²) in [6, 6.07) is 4.70. The molecule has 1 aliphatic heterocycles. The topological polar surface area (TPSA) is 58.4 Å². The maximum absolute atomic E-state index is 11.2. The lowest BCUT2D eigenvalue weighted by Crippen LogP contribution is -2.45. The van der Waals surface area contributed by atoms with E-state index in [0.717, 1.165) is 26.2 Å². The van der Waals surface area contributed by atoms with Crippen molar-refractivity contribution in [2.75, 3.05) is 26.2 Å². The maximum atomic E-state index is 11.2. The summed E-state index contributed by atoms with van der Waals surface area (Å²) in [4.78, 5) is 13.1. The van der Waals surface area contributed by atoms with E-state index in [1.807, 2.05) is 0 Å². The summed E-state index contributed by atoms with van der Waals surface area (Å²) in [5.74, 6) is 0. The number of rotatable bonds is 5. The third-order valence-corrected chi connectivity index (χ3v) is 3.76. The molecule has 1 atom stereocenters. The Hall–Kier alpha value is -0.850. The van der Waals surface area contributed by atoms with Crippen molar-refractivity contribution in [1.82, 2.24) is 10.2 Å². The van der Waals surface area contributed by atoms with E-state index in [2.05, 4.69) is 16.8 Å². The van der Waals surface area contributed by atoms with Crippen LogP contribution in [0.3, 0.4) is 0 Å². The molecule has 1 aromatic carbocycles. The van der Waals surface area contributed by atoms with Crippen molar-refractivity contribution in [3.05, 3.63) is 51.6 Å². The van der Waals surface area contributed by atoms with Crippen molar-refractivity contribution in [3.63, 3.8) is 0 Å². The fourth-order valence-electron chi connectivity index (χ4n) is 2.58. The minimum Gasteiger partial charge on any atom is -0.314 e. The summed E-state index contributed by atoms with van der Waals surface area (Å²) in [5.41, 5.74) is 0.795. The molecule has 8 heteroatoms. The molecule has 1 N–H and O–H groups in total. The minimum atomic E-state index is -0.343. The Morgan fingerprint density at radius 1 is 1.41 bits per heavy atom. The number of halogens is 3. The Morgan fingerprint density at radius 3 is 2.59 bits per heavy atom. The summed E-state index contributed by atoms with van der Waals surface area (Å²) in [6.45, 7) is 7.28. The summed E-state index contributed by atoms with van der Waals surface area (Å²) < 4.78 is 0. The Kier molecular flexibility index (Phi) is 9.64. The average molecular weight is 369 g/mol. The number of hydrogen-bond donors (Lipinski definition) is 1. The van der Waals surface area contributed by atoms with Crippen LogP contribution in [0.2, 0.25) is 5.02 Å². The Bertz CT molecular complexity index is 508. The first-order valence-corrected chi connectivity index (χ1v) is 7.00. The monoisotopic (exact) mass is 367 g/mol. The third kappa shape index (κ3) is 5.11. The standard InChI is InChI=1S/C14H18ClN3O2.2ClH/c1-2-3-13(17-8-6-16-7-9-17)12-10-11(15)4-5-14(12)18(19)20;;/h2,4-5,10,13,16H,1,3,6-9H2;2*1H/t13-;;/m0../s1. The fourth-order valence-corrected chi connectivity index (χ4v) is 2.76. The van der Waals surface area contributed by atoms with Crippen molar-refractivity contribution in [1.29, 1.82) is 0 Å². The van der Waals surface area contributed by atoms with Crippen LogP contribution in [0.5, 0.6) is 0 Å². The lowest BCUT2D eigenvalue weighted by Gasteiger charge is -2.34. The second-order valence-electron chi connectivity index (χ2n) is 4.79. The number of nitro groups is 1. The van der Waals surface area contributed by atoms with Crippen molar-refractivity contribution in [2.45, 2.75) is 12.5 Å². The molecular weight excluding hydrogens is 349 g/mol. The van der Waals surface area contributed by atoms with E-state index >= 15 is 0 Å². The van der Waals surface area contributed by atoms with E-state index < -0.39 is 0 Å². The van der Waals surface area contributed by atoms with Gasteiger partial charge in [-0.25, -0.2) is 0 Å². The Balaban J connectivity index is 0.00000220. The predicted molar refractivity (Wildman–Crippen MR) is 94.6 cm³/mol. The molecule has 1 fully saturated rings. The van der Waals surface area contributed by atoms with Gasteiger partial charge in [0.1, 0.15) is 0 Å². The second kappa shape index (κ2) is 10.0. The van der Waals surface area contributed by atoms with Crippen LogP contribution in [-0.2, 0) is 0 Å². The van der Waals surface area contributed by atoms with Crippen LogP contribution in [0.15, 0.2) is 30.9 Å². The van der Waals surface area contributed by atoms with Gasteiger partial charge in [-0.15, -0.1) is 31.4 Å². The van der Waals surface area contributed by atoms with Crippen LogP contribution < -0.4 is 5.32 Å². The van der Waals surface area contributed by atoms with E-state index in [4.69, 9.17) is 11.6 Å². The van der Waals surface area contributed by atoms with Gasteiger partial charge in [0.2, 0.25) is 0 Å². The highest BCUT2D eigenvalue weighted by molar-refractivity contribution is 6.30. The first-order chi connectivity index (χ1) is 9.63. The molecular formula is C14H20Cl3N3O2. The number of hydrogen-bond acceptors (Lipinski definition) is 4. The molecule has 22 heavy (non-hydrogen) atoms. The molecule has 1 saturated heterocycles. The van der Waals surface area contributed by atoms with Crippen LogP contribution in [0.25, 0.3) is 0 Å². The first-order valence-electron chi connectivity index (χ1n) is 6.63. The molecule has 0 saturated carbocycles. The summed E-state index contributed by atoms with van der Waals surface area (Å²) in [7, 11) is 0. The Morgan fingerprint density at radius 2 is 2.05 bits per heavy atom. The van der Waals surface area contributed by atoms with Crippen molar-refractivity contribution >= 4 is 42.1 Å². The highest BCUT2D eigenvalue weighted by Crippen LogP contribution is 2.34. The quantitative estimate of drug-likeness (QED) is 0.490. The molecule has 1 aliphatic rings. The van der Waals surface area contributed by atoms with Crippen LogP contribution in [0, 0.1) is 10.1 Å². The number of nitrogens with one attached hydrogen (secondary N) is 1. The molecule has 0 aliphatic carbocycles. The van der Waals surface area contributed by atoms with Crippen molar-refractivity contribution in [3.8, 4) is 0 Å². The average Bonchev–Trinajstić information content (AvgIpc) is 2.45. The molecule has 0 unspecified atom stereocenters. The highest BCUT2D eigenvalue weighted by atomic mass is 35.5. The second-order valence-corrected chi connectivity index (χ2v) is 5.22. The highest BCUT2D eigenvalue weighted by Gasteiger charge is 2.27. The molecule has 0 bridgehead atoms. The van der Waals surface area contributed by atoms with Gasteiger partial charge >= 0.3 is 0 Å². The molecule has 2 rings (SSSR count). The zero-order chi connectivity index (χ0) is 14.5. The smallest absolute Gasteiger partial charge is 0.274 e. The molecule has 5 nitrogen and oxygen atoms in total. The lowest BCUT2D eigenvalue weighted by molar-refractivity contribution is -0.386. The van der Waals surface area contributed by atoms with Crippen LogP contribution >= 0.6 is 36.4 Å². The van der Waals surface area contributed by atoms with Crippen LogP contribution in [0.1, 0.15) is 18.0 Å². The van der Waals surface area contributed by atoms with Crippen molar-refractivity contribution in [2.24, 2.45) is 0 Å². The van der Waals surface area contributed by atoms with Gasteiger partial charge < -0.3 is 5.32 Å². The number of nitrogens with zero attached hydrogens (tertiary/aromatic N) is 2. The predicted octanol–water partition coefficient (Wildman–Crippen LogP) is 3.61. The van der Waals surface area contributed by atoms with E-state index in [-0.39, 0.29) is 41.5 Å². The summed E-state index contributed by atoms with van der Waals surface area (Å²) in [6.07, 6.45) is 2.47. The molecule has 0 amide bonds. The van der Waals surface area contributed by atoms with Crippen LogP contribution in [0.4, 0.5) is 5.69 Å². The van der Waals surface area contributed by atoms with E-state index in [1.165, 1.54) is 6.07 Å². The van der Waals surface area contributed by atoms with E-state index in [1.54, 1.807) is 18.2 Å². The van der Waals surface area contributed by atoms with Gasteiger partial charge in [-0.3, -0.25) is 15.0 Å². The summed E-state index contributed by atoms with van der Waals surface area (Å²) >= 11 is 6.03. The van der Waals surface area contributed by atoms with Gasteiger partial charge in [0.05, 0.1) is 4.92 Å². The zero-order valence-electron chi connectivity index (χ0n) is 12.0. The van der Waals surface area contributed by atoms with E-state index in [9.17, 15) is 10.1 Å². The molecule has 0 spiro atoms. The Labute approximate surface area is 147 Å².